The molecule has 3 aromatic rings. The number of nitrogen functional groups attached to an aromatic ring is 1. The molecule has 3 rings (SSSR count). The molecule has 0 aromatic carbocycles. The van der Waals surface area contributed by atoms with Crippen LogP contribution >= 0.6 is 11.6 Å². The second-order valence-corrected chi connectivity index (χ2v) is 4.74. The number of hydrogen-bond acceptors (Lipinski definition) is 5. The zero-order valence-electron chi connectivity index (χ0n) is 10.9. The molecule has 3 heterocycles. The molecule has 0 fully saturated rings. The van der Waals surface area contributed by atoms with E-state index in [1.807, 2.05) is 16.7 Å². The van der Waals surface area contributed by atoms with E-state index in [2.05, 4.69) is 26.9 Å². The zero-order chi connectivity index (χ0) is 14.1. The highest BCUT2D eigenvalue weighted by molar-refractivity contribution is 6.28. The molecular formula is C13H13ClN6. The molecule has 20 heavy (non-hydrogen) atoms. The first-order valence-electron chi connectivity index (χ1n) is 6.26. The minimum absolute atomic E-state index is 0.105. The second kappa shape index (κ2) is 5.05. The summed E-state index contributed by atoms with van der Waals surface area (Å²) in [6.07, 6.45) is 6.15. The maximum atomic E-state index is 5.89. The first kappa shape index (κ1) is 12.8. The van der Waals surface area contributed by atoms with E-state index in [9.17, 15) is 0 Å². The molecule has 0 aliphatic heterocycles. The molecule has 102 valence electrons. The minimum Gasteiger partial charge on any atom is -0.382 e. The number of imidazole rings is 1. The maximum absolute atomic E-state index is 5.89. The lowest BCUT2D eigenvalue weighted by Crippen LogP contribution is -2.10. The number of nitrogens with zero attached hydrogens (tertiary/aromatic N) is 5. The standard InChI is InChI=1S/C13H13ClN6/c1-2-9(8-3-5-16-6-4-8)20-7-17-10-11(15)18-13(14)19-12(10)20/h3-7,9H,2H2,1H3,(H2,15,18,19). The van der Waals surface area contributed by atoms with Crippen molar-refractivity contribution in [1.29, 1.82) is 0 Å². The monoisotopic (exact) mass is 288 g/mol. The van der Waals surface area contributed by atoms with Crippen molar-refractivity contribution in [2.75, 3.05) is 5.73 Å². The summed E-state index contributed by atoms with van der Waals surface area (Å²) in [7, 11) is 0. The first-order valence-corrected chi connectivity index (χ1v) is 6.64. The van der Waals surface area contributed by atoms with E-state index in [1.165, 1.54) is 0 Å². The summed E-state index contributed by atoms with van der Waals surface area (Å²) >= 11 is 5.89. The summed E-state index contributed by atoms with van der Waals surface area (Å²) < 4.78 is 1.97. The van der Waals surface area contributed by atoms with E-state index in [0.717, 1.165) is 12.0 Å². The molecule has 3 aromatic heterocycles. The SMILES string of the molecule is CCC(c1ccncc1)n1cnc2c(N)nc(Cl)nc21. The summed E-state index contributed by atoms with van der Waals surface area (Å²) in [6.45, 7) is 2.10. The highest BCUT2D eigenvalue weighted by atomic mass is 35.5. The van der Waals surface area contributed by atoms with Crippen molar-refractivity contribution in [1.82, 2.24) is 24.5 Å². The van der Waals surface area contributed by atoms with Crippen LogP contribution in [0.15, 0.2) is 30.9 Å². The fourth-order valence-corrected chi connectivity index (χ4v) is 2.49. The number of rotatable bonds is 3. The Morgan fingerprint density at radius 1 is 1.30 bits per heavy atom. The van der Waals surface area contributed by atoms with Crippen LogP contribution in [0, 0.1) is 0 Å². The Morgan fingerprint density at radius 3 is 2.75 bits per heavy atom. The number of aromatic nitrogens is 5. The van der Waals surface area contributed by atoms with Crippen molar-refractivity contribution >= 4 is 28.6 Å². The van der Waals surface area contributed by atoms with E-state index in [4.69, 9.17) is 17.3 Å². The third-order valence-corrected chi connectivity index (χ3v) is 3.40. The molecule has 0 bridgehead atoms. The molecular weight excluding hydrogens is 276 g/mol. The summed E-state index contributed by atoms with van der Waals surface area (Å²) in [5.74, 6) is 0.295. The van der Waals surface area contributed by atoms with Gasteiger partial charge >= 0.3 is 0 Å². The van der Waals surface area contributed by atoms with Crippen LogP contribution in [0.4, 0.5) is 5.82 Å². The predicted octanol–water partition coefficient (Wildman–Crippen LogP) is 2.46. The third-order valence-electron chi connectivity index (χ3n) is 3.23. The Bertz CT molecular complexity index is 739. The minimum atomic E-state index is 0.105. The van der Waals surface area contributed by atoms with Crippen LogP contribution in [-0.4, -0.2) is 24.5 Å². The molecule has 0 saturated carbocycles. The van der Waals surface area contributed by atoms with E-state index >= 15 is 0 Å². The summed E-state index contributed by atoms with van der Waals surface area (Å²) in [5.41, 5.74) is 8.18. The largest absolute Gasteiger partial charge is 0.382 e. The van der Waals surface area contributed by atoms with Crippen LogP contribution < -0.4 is 5.73 Å². The van der Waals surface area contributed by atoms with Crippen LogP contribution in [0.1, 0.15) is 24.9 Å². The van der Waals surface area contributed by atoms with Gasteiger partial charge in [0.1, 0.15) is 5.52 Å². The molecule has 7 heteroatoms. The van der Waals surface area contributed by atoms with Gasteiger partial charge in [-0.05, 0) is 35.7 Å². The van der Waals surface area contributed by atoms with Crippen molar-refractivity contribution < 1.29 is 0 Å². The number of fused-ring (bicyclic) bond motifs is 1. The van der Waals surface area contributed by atoms with E-state index in [0.29, 0.717) is 17.0 Å². The molecule has 0 spiro atoms. The van der Waals surface area contributed by atoms with Gasteiger partial charge < -0.3 is 10.3 Å². The molecule has 1 unspecified atom stereocenters. The molecule has 0 aliphatic carbocycles. The number of nitrogens with two attached hydrogens (primary N) is 1. The lowest BCUT2D eigenvalue weighted by Gasteiger charge is -2.17. The lowest BCUT2D eigenvalue weighted by atomic mass is 10.1. The Kier molecular flexibility index (Phi) is 3.23. The van der Waals surface area contributed by atoms with E-state index in [1.54, 1.807) is 18.7 Å². The topological polar surface area (TPSA) is 82.5 Å². The Morgan fingerprint density at radius 2 is 2.05 bits per heavy atom. The number of anilines is 1. The van der Waals surface area contributed by atoms with Gasteiger partial charge in [-0.3, -0.25) is 4.98 Å². The van der Waals surface area contributed by atoms with Crippen LogP contribution in [0.25, 0.3) is 11.2 Å². The predicted molar refractivity (Wildman–Crippen MR) is 77.4 cm³/mol. The molecule has 6 nitrogen and oxygen atoms in total. The van der Waals surface area contributed by atoms with Gasteiger partial charge in [-0.15, -0.1) is 0 Å². The number of pyridine rings is 1. The van der Waals surface area contributed by atoms with Gasteiger partial charge in [0.15, 0.2) is 11.5 Å². The Hall–Kier alpha value is -2.21. The first-order chi connectivity index (χ1) is 9.70. The van der Waals surface area contributed by atoms with Gasteiger partial charge in [-0.1, -0.05) is 6.92 Å². The quantitative estimate of drug-likeness (QED) is 0.749. The van der Waals surface area contributed by atoms with Gasteiger partial charge in [0, 0.05) is 12.4 Å². The van der Waals surface area contributed by atoms with Crippen molar-refractivity contribution in [2.45, 2.75) is 19.4 Å². The van der Waals surface area contributed by atoms with Gasteiger partial charge in [0.2, 0.25) is 5.28 Å². The number of hydrogen-bond donors (Lipinski definition) is 1. The van der Waals surface area contributed by atoms with E-state index < -0.39 is 0 Å². The van der Waals surface area contributed by atoms with Crippen molar-refractivity contribution in [3.8, 4) is 0 Å². The summed E-state index contributed by atoms with van der Waals surface area (Å²) in [6, 6.07) is 4.06. The molecule has 2 N–H and O–H groups in total. The average molecular weight is 289 g/mol. The summed E-state index contributed by atoms with van der Waals surface area (Å²) in [5, 5.41) is 0.126. The second-order valence-electron chi connectivity index (χ2n) is 4.41. The van der Waals surface area contributed by atoms with Crippen molar-refractivity contribution in [3.05, 3.63) is 41.7 Å². The van der Waals surface area contributed by atoms with Crippen LogP contribution in [-0.2, 0) is 0 Å². The fraction of sp³-hybridized carbons (Fsp3) is 0.231. The zero-order valence-corrected chi connectivity index (χ0v) is 11.6. The highest BCUT2D eigenvalue weighted by Gasteiger charge is 2.17. The fourth-order valence-electron chi connectivity index (χ4n) is 2.32. The van der Waals surface area contributed by atoms with Crippen molar-refractivity contribution in [2.24, 2.45) is 0 Å². The molecule has 0 amide bonds. The van der Waals surface area contributed by atoms with Crippen molar-refractivity contribution in [3.63, 3.8) is 0 Å². The third kappa shape index (κ3) is 2.08. The van der Waals surface area contributed by atoms with Crippen LogP contribution in [0.5, 0.6) is 0 Å². The van der Waals surface area contributed by atoms with Gasteiger partial charge in [0.05, 0.1) is 12.4 Å². The smallest absolute Gasteiger partial charge is 0.226 e. The summed E-state index contributed by atoms with van der Waals surface area (Å²) in [4.78, 5) is 16.5. The average Bonchev–Trinajstić information content (AvgIpc) is 2.85. The van der Waals surface area contributed by atoms with Gasteiger partial charge in [-0.2, -0.15) is 9.97 Å². The maximum Gasteiger partial charge on any atom is 0.226 e. The molecule has 0 radical (unpaired) electrons. The van der Waals surface area contributed by atoms with Gasteiger partial charge in [-0.25, -0.2) is 4.98 Å². The Labute approximate surface area is 120 Å². The Balaban J connectivity index is 2.18. The van der Waals surface area contributed by atoms with Gasteiger partial charge in [0.25, 0.3) is 0 Å². The number of halogens is 1. The lowest BCUT2D eigenvalue weighted by molar-refractivity contribution is 0.576. The van der Waals surface area contributed by atoms with Crippen LogP contribution in [0.2, 0.25) is 5.28 Å². The molecule has 0 saturated heterocycles. The van der Waals surface area contributed by atoms with Crippen LogP contribution in [0.3, 0.4) is 0 Å². The molecule has 1 atom stereocenters. The molecule has 0 aliphatic rings. The van der Waals surface area contributed by atoms with E-state index in [-0.39, 0.29) is 11.3 Å². The normalized spacial score (nSPS) is 12.7. The highest BCUT2D eigenvalue weighted by Crippen LogP contribution is 2.27.